The molecule has 204 valence electrons. The number of aromatic nitrogens is 3. The number of fused-ring (bicyclic) bond motifs is 2. The topological polar surface area (TPSA) is 173 Å². The van der Waals surface area contributed by atoms with Gasteiger partial charge in [-0.1, -0.05) is 18.2 Å². The molecule has 1 atom stereocenters. The van der Waals surface area contributed by atoms with E-state index in [4.69, 9.17) is 9.52 Å². The number of hydrogen-bond donors (Lipinski definition) is 3. The molecule has 15 heteroatoms. The minimum atomic E-state index is -4.36. The molecule has 0 fully saturated rings. The van der Waals surface area contributed by atoms with Gasteiger partial charge in [-0.25, -0.2) is 22.6 Å². The van der Waals surface area contributed by atoms with Crippen molar-refractivity contribution in [2.45, 2.75) is 49.6 Å². The molecule has 0 radical (unpaired) electrons. The average Bonchev–Trinajstić information content (AvgIpc) is 3.49. The van der Waals surface area contributed by atoms with Gasteiger partial charge in [0.25, 0.3) is 10.0 Å². The van der Waals surface area contributed by atoms with Crippen LogP contribution in [0.2, 0.25) is 0 Å². The van der Waals surface area contributed by atoms with Crippen LogP contribution in [0.1, 0.15) is 36.0 Å². The summed E-state index contributed by atoms with van der Waals surface area (Å²) < 4.78 is 52.8. The van der Waals surface area contributed by atoms with E-state index >= 15 is 4.39 Å². The number of carbonyl (C=O) groups is 2. The molecule has 0 saturated heterocycles. The molecule has 2 aromatic carbocycles. The highest BCUT2D eigenvalue weighted by Crippen LogP contribution is 2.28. The third kappa shape index (κ3) is 5.68. The van der Waals surface area contributed by atoms with Gasteiger partial charge in [-0.05, 0) is 36.0 Å². The summed E-state index contributed by atoms with van der Waals surface area (Å²) in [6, 6.07) is 7.31. The molecule has 5 rings (SSSR count). The van der Waals surface area contributed by atoms with Gasteiger partial charge in [0, 0.05) is 36.1 Å². The number of aryl methyl sites for hydroxylation is 1. The van der Waals surface area contributed by atoms with E-state index in [9.17, 15) is 22.8 Å². The van der Waals surface area contributed by atoms with Crippen LogP contribution in [0.5, 0.6) is 0 Å². The number of oxazole rings is 1. The number of carboxylic acids is 1. The average molecular weight is 576 g/mol. The van der Waals surface area contributed by atoms with Crippen molar-refractivity contribution in [1.82, 2.24) is 19.2 Å². The summed E-state index contributed by atoms with van der Waals surface area (Å²) in [5.41, 5.74) is 2.71. The van der Waals surface area contributed by atoms with E-state index < -0.39 is 32.5 Å². The molecule has 1 amide bonds. The molecule has 1 aliphatic carbocycles. The molecule has 12 nitrogen and oxygen atoms in total. The van der Waals surface area contributed by atoms with E-state index in [0.717, 1.165) is 46.7 Å². The Morgan fingerprint density at radius 1 is 1.26 bits per heavy atom. The number of aliphatic carboxylic acids is 1. The number of benzene rings is 2. The third-order valence-electron chi connectivity index (χ3n) is 6.44. The number of anilines is 1. The molecular formula is C24H22FN5O7S2. The van der Waals surface area contributed by atoms with Crippen molar-refractivity contribution in [3.05, 3.63) is 69.7 Å². The lowest BCUT2D eigenvalue weighted by molar-refractivity contribution is -0.138. The van der Waals surface area contributed by atoms with E-state index in [1.807, 2.05) is 18.2 Å². The smallest absolute Gasteiger partial charge is 0.420 e. The molecule has 3 N–H and O–H groups in total. The van der Waals surface area contributed by atoms with Crippen LogP contribution < -0.4 is 15.8 Å². The fourth-order valence-electron chi connectivity index (χ4n) is 4.63. The Morgan fingerprint density at radius 2 is 2.08 bits per heavy atom. The van der Waals surface area contributed by atoms with Crippen molar-refractivity contribution in [2.24, 2.45) is 0 Å². The molecule has 1 aliphatic rings. The maximum absolute atomic E-state index is 15.0. The maximum atomic E-state index is 15.0. The van der Waals surface area contributed by atoms with Crippen molar-refractivity contribution < 1.29 is 31.9 Å². The van der Waals surface area contributed by atoms with E-state index in [1.165, 1.54) is 4.57 Å². The minimum absolute atomic E-state index is 0.0310. The van der Waals surface area contributed by atoms with Crippen LogP contribution in [-0.4, -0.2) is 45.4 Å². The largest absolute Gasteiger partial charge is 0.481 e. The summed E-state index contributed by atoms with van der Waals surface area (Å²) in [7, 11) is -4.36. The number of sulfonamides is 1. The third-order valence-corrected chi connectivity index (χ3v) is 8.50. The summed E-state index contributed by atoms with van der Waals surface area (Å²) in [4.78, 5) is 38.7. The maximum Gasteiger partial charge on any atom is 0.420 e. The lowest BCUT2D eigenvalue weighted by Crippen LogP contribution is -2.39. The zero-order valence-corrected chi connectivity index (χ0v) is 21.8. The normalized spacial score (nSPS) is 15.2. The molecular weight excluding hydrogens is 553 g/mol. The van der Waals surface area contributed by atoms with Crippen LogP contribution in [0.15, 0.2) is 50.8 Å². The van der Waals surface area contributed by atoms with E-state index in [2.05, 4.69) is 19.4 Å². The summed E-state index contributed by atoms with van der Waals surface area (Å²) >= 11 is 0.781. The molecule has 2 aromatic heterocycles. The fourth-order valence-corrected chi connectivity index (χ4v) is 6.37. The van der Waals surface area contributed by atoms with Gasteiger partial charge < -0.3 is 14.8 Å². The van der Waals surface area contributed by atoms with Gasteiger partial charge in [0.1, 0.15) is 17.0 Å². The molecule has 0 spiro atoms. The zero-order valence-electron chi connectivity index (χ0n) is 20.2. The highest BCUT2D eigenvalue weighted by Gasteiger charge is 2.26. The Morgan fingerprint density at radius 3 is 2.82 bits per heavy atom. The summed E-state index contributed by atoms with van der Waals surface area (Å²) in [6.45, 7) is 0.0310. The second kappa shape index (κ2) is 10.6. The lowest BCUT2D eigenvalue weighted by atomic mass is 9.85. The van der Waals surface area contributed by atoms with Crippen LogP contribution in [-0.2, 0) is 39.0 Å². The molecule has 0 unspecified atom stereocenters. The highest BCUT2D eigenvalue weighted by molar-refractivity contribution is 7.93. The Kier molecular flexibility index (Phi) is 7.18. The molecule has 0 bridgehead atoms. The molecule has 39 heavy (non-hydrogen) atoms. The Hall–Kier alpha value is -4.11. The van der Waals surface area contributed by atoms with E-state index in [0.29, 0.717) is 19.3 Å². The first-order chi connectivity index (χ1) is 18.6. The van der Waals surface area contributed by atoms with E-state index in [-0.39, 0.29) is 47.6 Å². The van der Waals surface area contributed by atoms with Gasteiger partial charge >= 0.3 is 11.7 Å². The number of hydrogen-bond acceptors (Lipinski definition) is 9. The lowest BCUT2D eigenvalue weighted by Gasteiger charge is -2.27. The second-order valence-corrected chi connectivity index (χ2v) is 11.4. The van der Waals surface area contributed by atoms with Crippen LogP contribution in [0, 0.1) is 5.82 Å². The SMILES string of the molecule is O=C(O)CCC(=O)N[C@@H]1CCc2cccc(Cn3c(=O)oc4cc(S(=O)(=O)Nc5ncns5)c(F)cc43)c2C1. The van der Waals surface area contributed by atoms with Crippen LogP contribution in [0.25, 0.3) is 11.1 Å². The quantitative estimate of drug-likeness (QED) is 0.270. The Bertz CT molecular complexity index is 1730. The Labute approximate surface area is 224 Å². The highest BCUT2D eigenvalue weighted by atomic mass is 32.2. The number of halogens is 1. The molecule has 0 aliphatic heterocycles. The van der Waals surface area contributed by atoms with E-state index in [1.54, 1.807) is 0 Å². The molecule has 2 heterocycles. The number of carbonyl (C=O) groups excluding carboxylic acids is 1. The molecule has 0 saturated carbocycles. The number of amides is 1. The van der Waals surface area contributed by atoms with Gasteiger partial charge in [-0.15, -0.1) is 0 Å². The molecule has 4 aromatic rings. The minimum Gasteiger partial charge on any atom is -0.481 e. The standard InChI is InChI=1S/C24H22FN5O7S2/c25-17-9-18-19(10-20(17)39(35,36)29-23-26-12-27-38-23)37-24(34)30(18)11-14-3-1-2-13-4-5-15(8-16(13)14)28-21(31)6-7-22(32)33/h1-3,9-10,12,15H,4-8,11H2,(H,28,31)(H,32,33)(H,26,27,29)/t15-/m1/s1. The number of rotatable bonds is 9. The van der Waals surface area contributed by atoms with Crippen LogP contribution in [0.4, 0.5) is 9.52 Å². The van der Waals surface area contributed by atoms with Crippen molar-refractivity contribution in [3.63, 3.8) is 0 Å². The summed E-state index contributed by atoms with van der Waals surface area (Å²) in [5.74, 6) is -3.26. The van der Waals surface area contributed by atoms with Gasteiger partial charge in [-0.2, -0.15) is 4.37 Å². The monoisotopic (exact) mass is 575 g/mol. The number of nitrogens with one attached hydrogen (secondary N) is 2. The van der Waals surface area contributed by atoms with Crippen molar-refractivity contribution in [1.29, 1.82) is 0 Å². The van der Waals surface area contributed by atoms with Crippen LogP contribution in [0.3, 0.4) is 0 Å². The van der Waals surface area contributed by atoms with Crippen molar-refractivity contribution in [3.8, 4) is 0 Å². The van der Waals surface area contributed by atoms with Gasteiger partial charge in [0.05, 0.1) is 18.5 Å². The van der Waals surface area contributed by atoms with Gasteiger partial charge in [-0.3, -0.25) is 18.9 Å². The van der Waals surface area contributed by atoms with Crippen LogP contribution >= 0.6 is 11.5 Å². The van der Waals surface area contributed by atoms with Gasteiger partial charge in [0.15, 0.2) is 5.58 Å². The predicted molar refractivity (Wildman–Crippen MR) is 138 cm³/mol. The second-order valence-electron chi connectivity index (χ2n) is 9.01. The van der Waals surface area contributed by atoms with Gasteiger partial charge in [0.2, 0.25) is 11.0 Å². The fraction of sp³-hybridized carbons (Fsp3) is 0.292. The van der Waals surface area contributed by atoms with Crippen molar-refractivity contribution in [2.75, 3.05) is 4.72 Å². The predicted octanol–water partition coefficient (Wildman–Crippen LogP) is 2.27. The summed E-state index contributed by atoms with van der Waals surface area (Å²) in [6.07, 6.45) is 2.61. The number of carboxylic acid groups (broad SMARTS) is 1. The Balaban J connectivity index is 1.41. The first-order valence-corrected chi connectivity index (χ1v) is 14.1. The van der Waals surface area contributed by atoms with Crippen molar-refractivity contribution >= 4 is 49.7 Å². The summed E-state index contributed by atoms with van der Waals surface area (Å²) in [5, 5.41) is 11.6. The first-order valence-electron chi connectivity index (χ1n) is 11.8. The zero-order chi connectivity index (χ0) is 27.7. The number of nitrogens with zero attached hydrogens (tertiary/aromatic N) is 3. The first kappa shape index (κ1) is 26.5.